The summed E-state index contributed by atoms with van der Waals surface area (Å²) >= 11 is 0. The van der Waals surface area contributed by atoms with Crippen LogP contribution in [0.5, 0.6) is 0 Å². The molecule has 0 amide bonds. The Bertz CT molecular complexity index is 463. The largest absolute Gasteiger partial charge is 0.354 e. The molecule has 1 aliphatic rings. The molecule has 0 radical (unpaired) electrons. The van der Waals surface area contributed by atoms with E-state index in [1.165, 1.54) is 0 Å². The maximum absolute atomic E-state index is 4.22. The van der Waals surface area contributed by atoms with E-state index in [0.29, 0.717) is 0 Å². The lowest BCUT2D eigenvalue weighted by Gasteiger charge is -2.15. The average Bonchev–Trinajstić information content (AvgIpc) is 2.74. The van der Waals surface area contributed by atoms with Gasteiger partial charge in [0, 0.05) is 25.5 Å². The fraction of sp³-hybridized carbons (Fsp3) is 0.333. The van der Waals surface area contributed by atoms with Gasteiger partial charge in [0.1, 0.15) is 5.69 Å². The average molecular weight is 202 g/mol. The van der Waals surface area contributed by atoms with E-state index in [0.717, 1.165) is 37.0 Å². The summed E-state index contributed by atoms with van der Waals surface area (Å²) in [6.45, 7) is 1.89. The molecule has 0 saturated carbocycles. The molecule has 0 aromatic carbocycles. The van der Waals surface area contributed by atoms with Gasteiger partial charge in [-0.25, -0.2) is 4.98 Å². The van der Waals surface area contributed by atoms with Gasteiger partial charge in [0.05, 0.1) is 6.20 Å². The van der Waals surface area contributed by atoms with Crippen molar-refractivity contribution in [2.24, 2.45) is 0 Å². The number of nitrogens with zero attached hydrogens (tertiary/aromatic N) is 5. The topological polar surface area (TPSA) is 68.5 Å². The lowest BCUT2D eigenvalue weighted by Crippen LogP contribution is -2.17. The molecular weight excluding hydrogens is 192 g/mol. The van der Waals surface area contributed by atoms with E-state index < -0.39 is 0 Å². The first-order chi connectivity index (χ1) is 7.45. The Morgan fingerprint density at radius 1 is 1.27 bits per heavy atom. The van der Waals surface area contributed by atoms with Crippen LogP contribution in [0.1, 0.15) is 6.42 Å². The highest BCUT2D eigenvalue weighted by Gasteiger charge is 2.16. The zero-order valence-electron chi connectivity index (χ0n) is 8.09. The fourth-order valence-electron chi connectivity index (χ4n) is 1.69. The summed E-state index contributed by atoms with van der Waals surface area (Å²) in [5.41, 5.74) is 0.764. The molecule has 2 aromatic heterocycles. The standard InChI is InChI=1S/C9H10N6/c1-2-12-9-14-13-8(15(9)5-1)7-6-10-3-4-11-7/h3-4,6H,1-2,5H2,(H,12,14). The van der Waals surface area contributed by atoms with Gasteiger partial charge in [0.2, 0.25) is 5.95 Å². The van der Waals surface area contributed by atoms with E-state index in [9.17, 15) is 0 Å². The van der Waals surface area contributed by atoms with Crippen LogP contribution < -0.4 is 5.32 Å². The molecule has 0 aliphatic carbocycles. The number of rotatable bonds is 1. The van der Waals surface area contributed by atoms with Crippen LogP contribution in [0.2, 0.25) is 0 Å². The van der Waals surface area contributed by atoms with Crippen LogP contribution in [0, 0.1) is 0 Å². The molecular formula is C9H10N6. The van der Waals surface area contributed by atoms with E-state index in [2.05, 4.69) is 25.5 Å². The summed E-state index contributed by atoms with van der Waals surface area (Å²) in [4.78, 5) is 8.24. The van der Waals surface area contributed by atoms with Crippen molar-refractivity contribution in [2.75, 3.05) is 11.9 Å². The van der Waals surface area contributed by atoms with Crippen molar-refractivity contribution < 1.29 is 0 Å². The molecule has 0 unspecified atom stereocenters. The van der Waals surface area contributed by atoms with Crippen LogP contribution in [0.15, 0.2) is 18.6 Å². The van der Waals surface area contributed by atoms with Crippen LogP contribution in [0.4, 0.5) is 5.95 Å². The fourth-order valence-corrected chi connectivity index (χ4v) is 1.69. The lowest BCUT2D eigenvalue weighted by atomic mass is 10.3. The monoisotopic (exact) mass is 202 g/mol. The van der Waals surface area contributed by atoms with Gasteiger partial charge in [-0.2, -0.15) is 0 Å². The van der Waals surface area contributed by atoms with Gasteiger partial charge >= 0.3 is 0 Å². The van der Waals surface area contributed by atoms with Gasteiger partial charge in [-0.1, -0.05) is 0 Å². The van der Waals surface area contributed by atoms with Crippen molar-refractivity contribution >= 4 is 5.95 Å². The Labute approximate surface area is 86.4 Å². The maximum atomic E-state index is 4.22. The highest BCUT2D eigenvalue weighted by molar-refractivity contribution is 5.51. The minimum absolute atomic E-state index is 0.764. The molecule has 0 atom stereocenters. The van der Waals surface area contributed by atoms with Crippen LogP contribution in [-0.4, -0.2) is 31.3 Å². The van der Waals surface area contributed by atoms with Crippen molar-refractivity contribution in [3.8, 4) is 11.5 Å². The minimum atomic E-state index is 0.764. The van der Waals surface area contributed by atoms with Gasteiger partial charge in [0.15, 0.2) is 5.82 Å². The molecule has 3 rings (SSSR count). The second-order valence-electron chi connectivity index (χ2n) is 3.37. The first-order valence-corrected chi connectivity index (χ1v) is 4.88. The summed E-state index contributed by atoms with van der Waals surface area (Å²) in [7, 11) is 0. The van der Waals surface area contributed by atoms with Crippen LogP contribution in [-0.2, 0) is 6.54 Å². The molecule has 0 fully saturated rings. The van der Waals surface area contributed by atoms with Crippen LogP contribution in [0.25, 0.3) is 11.5 Å². The lowest BCUT2D eigenvalue weighted by molar-refractivity contribution is 0.630. The van der Waals surface area contributed by atoms with E-state index in [-0.39, 0.29) is 0 Å². The number of aromatic nitrogens is 5. The third-order valence-corrected chi connectivity index (χ3v) is 2.38. The summed E-state index contributed by atoms with van der Waals surface area (Å²) in [6.07, 6.45) is 6.09. The van der Waals surface area contributed by atoms with Crippen molar-refractivity contribution in [1.29, 1.82) is 0 Å². The zero-order valence-corrected chi connectivity index (χ0v) is 8.09. The van der Waals surface area contributed by atoms with Gasteiger partial charge in [-0.15, -0.1) is 10.2 Å². The third kappa shape index (κ3) is 1.34. The third-order valence-electron chi connectivity index (χ3n) is 2.38. The van der Waals surface area contributed by atoms with Gasteiger partial charge in [-0.05, 0) is 6.42 Å². The molecule has 0 spiro atoms. The first-order valence-electron chi connectivity index (χ1n) is 4.88. The van der Waals surface area contributed by atoms with E-state index >= 15 is 0 Å². The smallest absolute Gasteiger partial charge is 0.224 e. The maximum Gasteiger partial charge on any atom is 0.224 e. The first kappa shape index (κ1) is 8.34. The SMILES string of the molecule is c1cnc(-c2nnc3n2CCCN3)cn1. The summed E-state index contributed by atoms with van der Waals surface area (Å²) < 4.78 is 2.04. The Morgan fingerprint density at radius 2 is 2.27 bits per heavy atom. The molecule has 2 aromatic rings. The molecule has 6 heteroatoms. The Morgan fingerprint density at radius 3 is 3.13 bits per heavy atom. The summed E-state index contributed by atoms with van der Waals surface area (Å²) in [5, 5.41) is 11.4. The molecule has 76 valence electrons. The molecule has 0 bridgehead atoms. The molecule has 15 heavy (non-hydrogen) atoms. The molecule has 1 N–H and O–H groups in total. The predicted molar refractivity (Wildman–Crippen MR) is 54.2 cm³/mol. The van der Waals surface area contributed by atoms with Gasteiger partial charge in [-0.3, -0.25) is 9.55 Å². The van der Waals surface area contributed by atoms with Gasteiger partial charge < -0.3 is 5.32 Å². The van der Waals surface area contributed by atoms with E-state index in [1.54, 1.807) is 18.6 Å². The number of fused-ring (bicyclic) bond motifs is 1. The molecule has 1 aliphatic heterocycles. The summed E-state index contributed by atoms with van der Waals surface area (Å²) in [6, 6.07) is 0. The molecule has 0 saturated heterocycles. The second kappa shape index (κ2) is 3.30. The number of nitrogens with one attached hydrogen (secondary N) is 1. The zero-order chi connectivity index (χ0) is 10.1. The van der Waals surface area contributed by atoms with Crippen LogP contribution in [0.3, 0.4) is 0 Å². The highest BCUT2D eigenvalue weighted by Crippen LogP contribution is 2.20. The van der Waals surface area contributed by atoms with Crippen LogP contribution >= 0.6 is 0 Å². The Balaban J connectivity index is 2.09. The summed E-state index contributed by atoms with van der Waals surface area (Å²) in [5.74, 6) is 1.60. The number of hydrogen-bond acceptors (Lipinski definition) is 5. The van der Waals surface area contributed by atoms with Gasteiger partial charge in [0.25, 0.3) is 0 Å². The highest BCUT2D eigenvalue weighted by atomic mass is 15.4. The molecule has 3 heterocycles. The quantitative estimate of drug-likeness (QED) is 0.731. The number of hydrogen-bond donors (Lipinski definition) is 1. The minimum Gasteiger partial charge on any atom is -0.354 e. The van der Waals surface area contributed by atoms with Crippen molar-refractivity contribution in [3.63, 3.8) is 0 Å². The Kier molecular flexibility index (Phi) is 1.84. The second-order valence-corrected chi connectivity index (χ2v) is 3.37. The molecule has 6 nitrogen and oxygen atoms in total. The van der Waals surface area contributed by atoms with E-state index in [1.807, 2.05) is 4.57 Å². The van der Waals surface area contributed by atoms with Crippen molar-refractivity contribution in [3.05, 3.63) is 18.6 Å². The Hall–Kier alpha value is -1.98. The number of anilines is 1. The predicted octanol–water partition coefficient (Wildman–Crippen LogP) is 0.551. The van der Waals surface area contributed by atoms with E-state index in [4.69, 9.17) is 0 Å². The van der Waals surface area contributed by atoms with Crippen molar-refractivity contribution in [2.45, 2.75) is 13.0 Å². The normalized spacial score (nSPS) is 14.4. The van der Waals surface area contributed by atoms with Crippen molar-refractivity contribution in [1.82, 2.24) is 24.7 Å².